The highest BCUT2D eigenvalue weighted by Gasteiger charge is 2.32. The van der Waals surface area contributed by atoms with Crippen LogP contribution in [0.2, 0.25) is 0 Å². The van der Waals surface area contributed by atoms with E-state index in [0.717, 1.165) is 31.5 Å². The molecule has 4 heterocycles. The number of hydrogen-bond donors (Lipinski definition) is 1. The molecule has 0 spiro atoms. The number of nitrogens with one attached hydrogen (secondary N) is 1. The van der Waals surface area contributed by atoms with Crippen LogP contribution >= 0.6 is 0 Å². The number of likely N-dealkylation sites (tertiary alicyclic amines) is 1. The number of hydrogen-bond acceptors (Lipinski definition) is 4. The Morgan fingerprint density at radius 3 is 2.96 bits per heavy atom. The van der Waals surface area contributed by atoms with E-state index in [0.29, 0.717) is 30.7 Å². The SMILES string of the molecule is O=C(C1CCOCC1)N1CC[C@H](c2cc3ncccc3c(=O)[nH]2)C1. The van der Waals surface area contributed by atoms with Crippen LogP contribution < -0.4 is 5.56 Å². The summed E-state index contributed by atoms with van der Waals surface area (Å²) in [5.74, 6) is 0.504. The second-order valence-corrected chi connectivity index (χ2v) is 6.65. The number of nitrogens with zero attached hydrogens (tertiary/aromatic N) is 2. The lowest BCUT2D eigenvalue weighted by Crippen LogP contribution is -2.37. The first-order valence-corrected chi connectivity index (χ1v) is 8.57. The molecule has 0 radical (unpaired) electrons. The first-order chi connectivity index (χ1) is 11.7. The molecule has 2 aromatic rings. The van der Waals surface area contributed by atoms with Gasteiger partial charge in [-0.2, -0.15) is 0 Å². The maximum atomic E-state index is 12.6. The van der Waals surface area contributed by atoms with Crippen molar-refractivity contribution in [3.05, 3.63) is 40.4 Å². The minimum atomic E-state index is -0.107. The number of carbonyl (C=O) groups is 1. The average Bonchev–Trinajstić information content (AvgIpc) is 3.12. The van der Waals surface area contributed by atoms with Crippen LogP contribution in [0, 0.1) is 5.92 Å². The zero-order valence-corrected chi connectivity index (χ0v) is 13.5. The van der Waals surface area contributed by atoms with Crippen LogP contribution in [0.3, 0.4) is 0 Å². The molecule has 0 saturated carbocycles. The zero-order chi connectivity index (χ0) is 16.5. The van der Waals surface area contributed by atoms with Gasteiger partial charge in [-0.3, -0.25) is 14.6 Å². The third-order valence-corrected chi connectivity index (χ3v) is 5.14. The second kappa shape index (κ2) is 6.36. The summed E-state index contributed by atoms with van der Waals surface area (Å²) in [5.41, 5.74) is 1.49. The van der Waals surface area contributed by atoms with Gasteiger partial charge in [-0.25, -0.2) is 0 Å². The number of pyridine rings is 2. The van der Waals surface area contributed by atoms with E-state index in [1.165, 1.54) is 0 Å². The van der Waals surface area contributed by atoms with Gasteiger partial charge in [-0.15, -0.1) is 0 Å². The molecule has 2 saturated heterocycles. The molecule has 2 aromatic heterocycles. The lowest BCUT2D eigenvalue weighted by molar-refractivity contribution is -0.137. The molecular weight excluding hydrogens is 306 g/mol. The van der Waals surface area contributed by atoms with Crippen molar-refractivity contribution in [3.8, 4) is 0 Å². The Balaban J connectivity index is 1.52. The van der Waals surface area contributed by atoms with E-state index in [9.17, 15) is 9.59 Å². The number of fused-ring (bicyclic) bond motifs is 1. The fourth-order valence-electron chi connectivity index (χ4n) is 3.74. The quantitative estimate of drug-likeness (QED) is 0.910. The van der Waals surface area contributed by atoms with Crippen LogP contribution in [0.25, 0.3) is 10.9 Å². The summed E-state index contributed by atoms with van der Waals surface area (Å²) in [4.78, 5) is 34.1. The van der Waals surface area contributed by atoms with Crippen molar-refractivity contribution in [3.63, 3.8) is 0 Å². The minimum absolute atomic E-state index is 0.0924. The Labute approximate surface area is 139 Å². The van der Waals surface area contributed by atoms with Crippen LogP contribution in [0.1, 0.15) is 30.9 Å². The van der Waals surface area contributed by atoms with Gasteiger partial charge >= 0.3 is 0 Å². The summed E-state index contributed by atoms with van der Waals surface area (Å²) in [5, 5.41) is 0.606. The topological polar surface area (TPSA) is 75.3 Å². The largest absolute Gasteiger partial charge is 0.381 e. The van der Waals surface area contributed by atoms with Crippen molar-refractivity contribution in [2.24, 2.45) is 5.92 Å². The summed E-state index contributed by atoms with van der Waals surface area (Å²) in [6, 6.07) is 5.49. The summed E-state index contributed by atoms with van der Waals surface area (Å²) in [6.45, 7) is 2.78. The van der Waals surface area contributed by atoms with Gasteiger partial charge in [0.25, 0.3) is 5.56 Å². The van der Waals surface area contributed by atoms with E-state index in [2.05, 4.69) is 9.97 Å². The van der Waals surface area contributed by atoms with Gasteiger partial charge in [0.1, 0.15) is 0 Å². The monoisotopic (exact) mass is 327 g/mol. The highest BCUT2D eigenvalue weighted by molar-refractivity contribution is 5.80. The van der Waals surface area contributed by atoms with Gasteiger partial charge in [-0.05, 0) is 37.5 Å². The van der Waals surface area contributed by atoms with Crippen molar-refractivity contribution in [1.29, 1.82) is 0 Å². The van der Waals surface area contributed by atoms with Crippen LogP contribution in [0.5, 0.6) is 0 Å². The summed E-state index contributed by atoms with van der Waals surface area (Å²) in [7, 11) is 0. The molecule has 0 aliphatic carbocycles. The number of aromatic nitrogens is 2. The molecule has 1 N–H and O–H groups in total. The molecule has 24 heavy (non-hydrogen) atoms. The number of carbonyl (C=O) groups excluding carboxylic acids is 1. The Morgan fingerprint density at radius 2 is 2.12 bits per heavy atom. The zero-order valence-electron chi connectivity index (χ0n) is 13.5. The van der Waals surface area contributed by atoms with Gasteiger partial charge in [0.2, 0.25) is 5.91 Å². The third-order valence-electron chi connectivity index (χ3n) is 5.14. The fraction of sp³-hybridized carbons (Fsp3) is 0.500. The van der Waals surface area contributed by atoms with Gasteiger partial charge in [0.15, 0.2) is 0 Å². The molecule has 2 aliphatic rings. The van der Waals surface area contributed by atoms with Crippen LogP contribution in [0.15, 0.2) is 29.2 Å². The number of H-pyrrole nitrogens is 1. The highest BCUT2D eigenvalue weighted by atomic mass is 16.5. The van der Waals surface area contributed by atoms with Crippen molar-refractivity contribution in [2.75, 3.05) is 26.3 Å². The molecule has 2 fully saturated rings. The molecular formula is C18H21N3O3. The smallest absolute Gasteiger partial charge is 0.257 e. The van der Waals surface area contributed by atoms with Crippen molar-refractivity contribution in [2.45, 2.75) is 25.2 Å². The lowest BCUT2D eigenvalue weighted by atomic mass is 9.98. The molecule has 6 heteroatoms. The molecule has 4 rings (SSSR count). The minimum Gasteiger partial charge on any atom is -0.381 e. The summed E-state index contributed by atoms with van der Waals surface area (Å²) >= 11 is 0. The Morgan fingerprint density at radius 1 is 1.29 bits per heavy atom. The van der Waals surface area contributed by atoms with Gasteiger partial charge in [0, 0.05) is 50.0 Å². The molecule has 2 aliphatic heterocycles. The van der Waals surface area contributed by atoms with Gasteiger partial charge in [-0.1, -0.05) is 0 Å². The van der Waals surface area contributed by atoms with Crippen LogP contribution in [-0.2, 0) is 9.53 Å². The van der Waals surface area contributed by atoms with Gasteiger partial charge < -0.3 is 14.6 Å². The van der Waals surface area contributed by atoms with E-state index in [1.54, 1.807) is 18.3 Å². The Hall–Kier alpha value is -2.21. The van der Waals surface area contributed by atoms with E-state index >= 15 is 0 Å². The maximum Gasteiger partial charge on any atom is 0.257 e. The highest BCUT2D eigenvalue weighted by Crippen LogP contribution is 2.29. The normalized spacial score (nSPS) is 22.2. The van der Waals surface area contributed by atoms with E-state index in [-0.39, 0.29) is 23.3 Å². The van der Waals surface area contributed by atoms with E-state index < -0.39 is 0 Å². The first kappa shape index (κ1) is 15.3. The molecule has 6 nitrogen and oxygen atoms in total. The lowest BCUT2D eigenvalue weighted by Gasteiger charge is -2.26. The van der Waals surface area contributed by atoms with Crippen molar-refractivity contribution < 1.29 is 9.53 Å². The second-order valence-electron chi connectivity index (χ2n) is 6.65. The first-order valence-electron chi connectivity index (χ1n) is 8.57. The standard InChI is InChI=1S/C18H21N3O3/c22-17-14-2-1-6-19-16(14)10-15(20-17)13-3-7-21(11-13)18(23)12-4-8-24-9-5-12/h1-2,6,10,12-13H,3-5,7-9,11H2,(H,20,22)/t13-/m0/s1. The Kier molecular flexibility index (Phi) is 4.06. The summed E-state index contributed by atoms with van der Waals surface area (Å²) in [6.07, 6.45) is 4.21. The van der Waals surface area contributed by atoms with Crippen LogP contribution in [0.4, 0.5) is 0 Å². The molecule has 1 amide bonds. The predicted molar refractivity (Wildman–Crippen MR) is 89.8 cm³/mol. The molecule has 0 bridgehead atoms. The molecule has 1 atom stereocenters. The maximum absolute atomic E-state index is 12.6. The fourth-order valence-corrected chi connectivity index (χ4v) is 3.74. The number of amides is 1. The van der Waals surface area contributed by atoms with Crippen LogP contribution in [-0.4, -0.2) is 47.1 Å². The molecule has 126 valence electrons. The number of aromatic amines is 1. The summed E-state index contributed by atoms with van der Waals surface area (Å²) < 4.78 is 5.34. The molecule has 0 aromatic carbocycles. The third kappa shape index (κ3) is 2.82. The van der Waals surface area contributed by atoms with Crippen molar-refractivity contribution in [1.82, 2.24) is 14.9 Å². The average molecular weight is 327 g/mol. The van der Waals surface area contributed by atoms with E-state index in [1.807, 2.05) is 11.0 Å². The molecule has 0 unspecified atom stereocenters. The van der Waals surface area contributed by atoms with Crippen molar-refractivity contribution >= 4 is 16.8 Å². The van der Waals surface area contributed by atoms with E-state index in [4.69, 9.17) is 4.74 Å². The number of ether oxygens (including phenoxy) is 1. The Bertz CT molecular complexity index is 811. The number of rotatable bonds is 2. The predicted octanol–water partition coefficient (Wildman–Crippen LogP) is 1.67. The van der Waals surface area contributed by atoms with Gasteiger partial charge in [0.05, 0.1) is 10.9 Å².